The Morgan fingerprint density at radius 1 is 1.27 bits per heavy atom. The van der Waals surface area contributed by atoms with E-state index in [1.54, 1.807) is 0 Å². The molecule has 3 heterocycles. The maximum Gasteiger partial charge on any atom is 0.213 e. The van der Waals surface area contributed by atoms with Crippen molar-refractivity contribution in [2.24, 2.45) is 4.99 Å². The first-order valence-corrected chi connectivity index (χ1v) is 12.5. The molecule has 1 atom stereocenters. The first kappa shape index (κ1) is 22.8. The number of nitrogens with one attached hydrogen (secondary N) is 2. The van der Waals surface area contributed by atoms with Crippen molar-refractivity contribution in [1.82, 2.24) is 19.9 Å². The van der Waals surface area contributed by atoms with E-state index in [4.69, 9.17) is 4.74 Å². The van der Waals surface area contributed by atoms with E-state index in [2.05, 4.69) is 29.8 Å². The van der Waals surface area contributed by atoms with Crippen LogP contribution in [0.3, 0.4) is 0 Å². The summed E-state index contributed by atoms with van der Waals surface area (Å²) in [7, 11) is -3.37. The highest BCUT2D eigenvalue weighted by Crippen LogP contribution is 2.13. The minimum absolute atomic E-state index is 0.00949. The molecule has 0 saturated carbocycles. The third-order valence-electron chi connectivity index (χ3n) is 5.31. The van der Waals surface area contributed by atoms with Crippen molar-refractivity contribution in [2.75, 3.05) is 63.1 Å². The van der Waals surface area contributed by atoms with E-state index in [1.807, 2.05) is 31.3 Å². The zero-order valence-electron chi connectivity index (χ0n) is 17.8. The highest BCUT2D eigenvalue weighted by molar-refractivity contribution is 7.89. The smallest absolute Gasteiger partial charge is 0.213 e. The van der Waals surface area contributed by atoms with E-state index in [-0.39, 0.29) is 18.4 Å². The number of hydrogen-bond acceptors (Lipinski definition) is 6. The molecule has 2 aliphatic heterocycles. The molecule has 2 N–H and O–H groups in total. The van der Waals surface area contributed by atoms with E-state index in [9.17, 15) is 8.42 Å². The molecule has 2 fully saturated rings. The van der Waals surface area contributed by atoms with Crippen LogP contribution in [0.25, 0.3) is 0 Å². The van der Waals surface area contributed by atoms with Crippen molar-refractivity contribution in [2.45, 2.75) is 32.3 Å². The molecule has 1 unspecified atom stereocenters. The molecule has 30 heavy (non-hydrogen) atoms. The number of pyridine rings is 1. The molecule has 0 spiro atoms. The Morgan fingerprint density at radius 3 is 2.77 bits per heavy atom. The van der Waals surface area contributed by atoms with Gasteiger partial charge in [0.05, 0.1) is 18.4 Å². The zero-order valence-corrected chi connectivity index (χ0v) is 18.6. The Morgan fingerprint density at radius 2 is 2.10 bits per heavy atom. The quantitative estimate of drug-likeness (QED) is 0.454. The van der Waals surface area contributed by atoms with Gasteiger partial charge in [0.2, 0.25) is 10.0 Å². The predicted molar refractivity (Wildman–Crippen MR) is 119 cm³/mol. The minimum atomic E-state index is -3.37. The number of anilines is 1. The van der Waals surface area contributed by atoms with Gasteiger partial charge in [-0.15, -0.1) is 0 Å². The average Bonchev–Trinajstić information content (AvgIpc) is 2.79. The van der Waals surface area contributed by atoms with Gasteiger partial charge in [-0.25, -0.2) is 18.1 Å². The number of piperazine rings is 1. The summed E-state index contributed by atoms with van der Waals surface area (Å²) >= 11 is 0. The second kappa shape index (κ2) is 11.5. The van der Waals surface area contributed by atoms with Gasteiger partial charge in [-0.1, -0.05) is 6.07 Å². The molecule has 1 aromatic rings. The van der Waals surface area contributed by atoms with Gasteiger partial charge in [-0.3, -0.25) is 4.99 Å². The van der Waals surface area contributed by atoms with Crippen LogP contribution < -0.4 is 14.9 Å². The first-order valence-electron chi connectivity index (χ1n) is 10.9. The summed E-state index contributed by atoms with van der Waals surface area (Å²) in [6.07, 6.45) is 4.86. The molecule has 2 saturated heterocycles. The molecule has 2 aliphatic rings. The number of sulfonamides is 1. The predicted octanol–water partition coefficient (Wildman–Crippen LogP) is 0.658. The molecular weight excluding hydrogens is 404 g/mol. The molecule has 0 radical (unpaired) electrons. The van der Waals surface area contributed by atoms with Crippen LogP contribution in [0.1, 0.15) is 26.2 Å². The number of rotatable bonds is 8. The summed E-state index contributed by atoms with van der Waals surface area (Å²) in [4.78, 5) is 13.4. The van der Waals surface area contributed by atoms with Crippen LogP contribution in [0.2, 0.25) is 0 Å². The van der Waals surface area contributed by atoms with E-state index in [0.29, 0.717) is 6.54 Å². The molecule has 0 amide bonds. The lowest BCUT2D eigenvalue weighted by Gasteiger charge is -2.37. The fourth-order valence-corrected chi connectivity index (χ4v) is 4.56. The van der Waals surface area contributed by atoms with Crippen LogP contribution in [0.5, 0.6) is 0 Å². The third-order valence-corrected chi connectivity index (χ3v) is 6.64. The summed E-state index contributed by atoms with van der Waals surface area (Å²) in [5, 5.41) is 3.28. The van der Waals surface area contributed by atoms with Crippen LogP contribution in [0.15, 0.2) is 29.4 Å². The minimum Gasteiger partial charge on any atom is -0.377 e. The summed E-state index contributed by atoms with van der Waals surface area (Å²) in [5.41, 5.74) is 0. The molecule has 0 aromatic carbocycles. The Balaban J connectivity index is 1.47. The van der Waals surface area contributed by atoms with Gasteiger partial charge in [0.25, 0.3) is 0 Å². The van der Waals surface area contributed by atoms with Crippen LogP contribution in [0.4, 0.5) is 5.82 Å². The van der Waals surface area contributed by atoms with Crippen LogP contribution in [-0.2, 0) is 14.8 Å². The lowest BCUT2D eigenvalue weighted by atomic mass is 10.1. The Hall–Kier alpha value is -1.91. The monoisotopic (exact) mass is 438 g/mol. The fraction of sp³-hybridized carbons (Fsp3) is 0.700. The standard InChI is InChI=1S/C20H34N6O3S/c1-2-21-20(26-13-11-25(12-14-26)19-8-3-5-9-22-19)23-10-16-30(27,28)24-17-18-7-4-6-15-29-18/h3,5,8-9,18,24H,2,4,6-7,10-17H2,1H3,(H,21,23). The van der Waals surface area contributed by atoms with Crippen molar-refractivity contribution >= 4 is 21.8 Å². The van der Waals surface area contributed by atoms with Gasteiger partial charge in [-0.05, 0) is 38.3 Å². The van der Waals surface area contributed by atoms with E-state index in [1.165, 1.54) is 0 Å². The summed E-state index contributed by atoms with van der Waals surface area (Å²) < 4.78 is 32.9. The Labute approximate surface area is 180 Å². The topological polar surface area (TPSA) is 99.2 Å². The second-order valence-electron chi connectivity index (χ2n) is 7.55. The van der Waals surface area contributed by atoms with Crippen molar-refractivity contribution in [3.05, 3.63) is 24.4 Å². The van der Waals surface area contributed by atoms with Gasteiger partial charge in [0.15, 0.2) is 5.96 Å². The molecule has 168 valence electrons. The van der Waals surface area contributed by atoms with E-state index < -0.39 is 10.0 Å². The van der Waals surface area contributed by atoms with Crippen molar-refractivity contribution in [3.8, 4) is 0 Å². The van der Waals surface area contributed by atoms with Gasteiger partial charge in [-0.2, -0.15) is 0 Å². The number of ether oxygens (including phenoxy) is 1. The van der Waals surface area contributed by atoms with E-state index in [0.717, 1.165) is 70.4 Å². The van der Waals surface area contributed by atoms with Crippen LogP contribution >= 0.6 is 0 Å². The summed E-state index contributed by atoms with van der Waals surface area (Å²) in [6.45, 7) is 7.37. The normalized spacial score (nSPS) is 21.0. The molecular formula is C20H34N6O3S. The largest absolute Gasteiger partial charge is 0.377 e. The lowest BCUT2D eigenvalue weighted by molar-refractivity contribution is 0.0200. The molecule has 1 aromatic heterocycles. The number of guanidine groups is 1. The second-order valence-corrected chi connectivity index (χ2v) is 9.48. The zero-order chi connectivity index (χ0) is 21.2. The Kier molecular flexibility index (Phi) is 8.71. The molecule has 10 heteroatoms. The Bertz CT molecular complexity index is 760. The van der Waals surface area contributed by atoms with Gasteiger partial charge >= 0.3 is 0 Å². The SMILES string of the molecule is CCNC(=NCCS(=O)(=O)NCC1CCCCO1)N1CCN(c2ccccn2)CC1. The van der Waals surface area contributed by atoms with Crippen LogP contribution in [-0.4, -0.2) is 88.5 Å². The van der Waals surface area contributed by atoms with Crippen molar-refractivity contribution in [3.63, 3.8) is 0 Å². The number of aromatic nitrogens is 1. The fourth-order valence-electron chi connectivity index (χ4n) is 3.65. The summed E-state index contributed by atoms with van der Waals surface area (Å²) in [5.74, 6) is 1.73. The third kappa shape index (κ3) is 7.10. The average molecular weight is 439 g/mol. The van der Waals surface area contributed by atoms with Crippen molar-refractivity contribution in [1.29, 1.82) is 0 Å². The van der Waals surface area contributed by atoms with Crippen LogP contribution in [0, 0.1) is 0 Å². The maximum atomic E-state index is 12.3. The number of nitrogens with zero attached hydrogens (tertiary/aromatic N) is 4. The molecule has 3 rings (SSSR count). The highest BCUT2D eigenvalue weighted by Gasteiger charge is 2.21. The molecule has 9 nitrogen and oxygen atoms in total. The highest BCUT2D eigenvalue weighted by atomic mass is 32.2. The molecule has 0 aliphatic carbocycles. The number of aliphatic imine (C=N–C) groups is 1. The first-order chi connectivity index (χ1) is 14.6. The summed E-state index contributed by atoms with van der Waals surface area (Å²) in [6, 6.07) is 5.93. The van der Waals surface area contributed by atoms with Gasteiger partial charge < -0.3 is 19.9 Å². The number of hydrogen-bond donors (Lipinski definition) is 2. The molecule has 0 bridgehead atoms. The van der Waals surface area contributed by atoms with Gasteiger partial charge in [0, 0.05) is 52.1 Å². The maximum absolute atomic E-state index is 12.3. The lowest BCUT2D eigenvalue weighted by Crippen LogP contribution is -2.52. The van der Waals surface area contributed by atoms with Crippen molar-refractivity contribution < 1.29 is 13.2 Å². The van der Waals surface area contributed by atoms with E-state index >= 15 is 0 Å². The van der Waals surface area contributed by atoms with Gasteiger partial charge in [0.1, 0.15) is 5.82 Å².